The number of ether oxygens (including phenoxy) is 2. The van der Waals surface area contributed by atoms with E-state index < -0.39 is 0 Å². The van der Waals surface area contributed by atoms with E-state index in [0.717, 1.165) is 77.1 Å². The van der Waals surface area contributed by atoms with Crippen LogP contribution in [0.4, 0.5) is 0 Å². The topological polar surface area (TPSA) is 88.8 Å². The summed E-state index contributed by atoms with van der Waals surface area (Å²) in [6.07, 6.45) is 6.58. The van der Waals surface area contributed by atoms with Crippen molar-refractivity contribution in [1.29, 1.82) is 0 Å². The fourth-order valence-electron chi connectivity index (χ4n) is 4.15. The molecule has 2 saturated heterocycles. The van der Waals surface area contributed by atoms with E-state index >= 15 is 0 Å². The highest BCUT2D eigenvalue weighted by atomic mass is 127. The van der Waals surface area contributed by atoms with Gasteiger partial charge >= 0.3 is 0 Å². The number of nitrogens with zero attached hydrogens (tertiary/aromatic N) is 5. The Morgan fingerprint density at radius 1 is 1.22 bits per heavy atom. The van der Waals surface area contributed by atoms with Gasteiger partial charge in [0, 0.05) is 52.3 Å². The normalized spacial score (nSPS) is 22.6. The van der Waals surface area contributed by atoms with E-state index in [1.165, 1.54) is 12.8 Å². The standard InChI is InChI=1S/C22H41N7O2.HI/c1-4-21-27-26-17-29(21)9-8-23-22(24-13-19-7-5-6-11-30-19)25-14-20-16-28(10-12-31-20)15-18(2)3;/h17-20H,4-16H2,1-3H3,(H2,23,24,25);1H. The minimum absolute atomic E-state index is 0. The van der Waals surface area contributed by atoms with Crippen molar-refractivity contribution in [2.75, 3.05) is 52.5 Å². The van der Waals surface area contributed by atoms with Gasteiger partial charge in [0.25, 0.3) is 0 Å². The maximum absolute atomic E-state index is 5.98. The first kappa shape index (κ1) is 27.3. The second kappa shape index (κ2) is 15.0. The summed E-state index contributed by atoms with van der Waals surface area (Å²) in [5.74, 6) is 2.50. The zero-order valence-electron chi connectivity index (χ0n) is 20.0. The molecule has 2 N–H and O–H groups in total. The molecular weight excluding hydrogens is 521 g/mol. The molecular formula is C22H42IN7O2. The number of aryl methyl sites for hydroxylation is 1. The van der Waals surface area contributed by atoms with Gasteiger partial charge in [0.1, 0.15) is 12.2 Å². The Balaban J connectivity index is 0.00000363. The van der Waals surface area contributed by atoms with Gasteiger partial charge in [0.05, 0.1) is 25.4 Å². The fourth-order valence-corrected chi connectivity index (χ4v) is 4.15. The van der Waals surface area contributed by atoms with E-state index in [4.69, 9.17) is 14.5 Å². The van der Waals surface area contributed by atoms with Crippen LogP contribution < -0.4 is 10.6 Å². The van der Waals surface area contributed by atoms with Crippen LogP contribution in [-0.4, -0.2) is 90.3 Å². The van der Waals surface area contributed by atoms with Gasteiger partial charge in [-0.1, -0.05) is 20.8 Å². The van der Waals surface area contributed by atoms with E-state index in [2.05, 4.69) is 51.1 Å². The van der Waals surface area contributed by atoms with Crippen LogP contribution in [0.15, 0.2) is 11.3 Å². The zero-order chi connectivity index (χ0) is 21.9. The molecule has 2 aliphatic heterocycles. The van der Waals surface area contributed by atoms with Crippen LogP contribution in [0.1, 0.15) is 45.9 Å². The first-order valence-electron chi connectivity index (χ1n) is 12.0. The van der Waals surface area contributed by atoms with Crippen LogP contribution in [0.3, 0.4) is 0 Å². The first-order valence-corrected chi connectivity index (χ1v) is 12.0. The number of morpholine rings is 1. The van der Waals surface area contributed by atoms with Crippen LogP contribution >= 0.6 is 24.0 Å². The molecule has 3 heterocycles. The highest BCUT2D eigenvalue weighted by molar-refractivity contribution is 14.0. The summed E-state index contributed by atoms with van der Waals surface area (Å²) in [4.78, 5) is 7.34. The summed E-state index contributed by atoms with van der Waals surface area (Å²) in [6.45, 7) is 14.3. The molecule has 2 atom stereocenters. The Kier molecular flexibility index (Phi) is 12.8. The lowest BCUT2D eigenvalue weighted by Gasteiger charge is -2.33. The molecule has 3 rings (SSSR count). The molecule has 0 aliphatic carbocycles. The lowest BCUT2D eigenvalue weighted by Crippen LogP contribution is -2.47. The Labute approximate surface area is 210 Å². The predicted octanol–water partition coefficient (Wildman–Crippen LogP) is 1.92. The Morgan fingerprint density at radius 2 is 2.06 bits per heavy atom. The minimum Gasteiger partial charge on any atom is -0.376 e. The molecule has 0 amide bonds. The number of halogens is 1. The summed E-state index contributed by atoms with van der Waals surface area (Å²) in [7, 11) is 0. The monoisotopic (exact) mass is 563 g/mol. The summed E-state index contributed by atoms with van der Waals surface area (Å²) in [5, 5.41) is 15.1. The molecule has 0 radical (unpaired) electrons. The second-order valence-corrected chi connectivity index (χ2v) is 8.93. The number of aromatic nitrogens is 3. The number of guanidine groups is 1. The Morgan fingerprint density at radius 3 is 2.81 bits per heavy atom. The molecule has 0 bridgehead atoms. The van der Waals surface area contributed by atoms with E-state index in [1.54, 1.807) is 6.33 Å². The second-order valence-electron chi connectivity index (χ2n) is 8.93. The lowest BCUT2D eigenvalue weighted by molar-refractivity contribution is -0.0262. The molecule has 2 aliphatic rings. The summed E-state index contributed by atoms with van der Waals surface area (Å²) >= 11 is 0. The van der Waals surface area contributed by atoms with E-state index in [1.807, 2.05) is 0 Å². The van der Waals surface area contributed by atoms with E-state index in [-0.39, 0.29) is 36.2 Å². The molecule has 9 nitrogen and oxygen atoms in total. The van der Waals surface area contributed by atoms with Crippen molar-refractivity contribution in [1.82, 2.24) is 30.3 Å². The third-order valence-corrected chi connectivity index (χ3v) is 5.73. The molecule has 10 heteroatoms. The minimum atomic E-state index is 0. The number of hydrogen-bond donors (Lipinski definition) is 2. The smallest absolute Gasteiger partial charge is 0.191 e. The van der Waals surface area contributed by atoms with E-state index in [0.29, 0.717) is 12.5 Å². The molecule has 0 spiro atoms. The largest absolute Gasteiger partial charge is 0.376 e. The summed E-state index contributed by atoms with van der Waals surface area (Å²) < 4.78 is 13.9. The molecule has 32 heavy (non-hydrogen) atoms. The summed E-state index contributed by atoms with van der Waals surface area (Å²) in [5.41, 5.74) is 0. The SMILES string of the molecule is CCc1nncn1CCNC(=NCC1CN(CC(C)C)CCO1)NCC1CCCCO1.I. The Bertz CT molecular complexity index is 664. The van der Waals surface area contributed by atoms with Gasteiger partial charge in [-0.05, 0) is 25.2 Å². The van der Waals surface area contributed by atoms with Crippen molar-refractivity contribution in [3.05, 3.63) is 12.2 Å². The lowest BCUT2D eigenvalue weighted by atomic mass is 10.1. The van der Waals surface area contributed by atoms with Gasteiger partial charge < -0.3 is 24.7 Å². The highest BCUT2D eigenvalue weighted by Crippen LogP contribution is 2.12. The molecule has 0 saturated carbocycles. The van der Waals surface area contributed by atoms with Crippen molar-refractivity contribution in [3.63, 3.8) is 0 Å². The van der Waals surface area contributed by atoms with Gasteiger partial charge in [-0.2, -0.15) is 0 Å². The first-order chi connectivity index (χ1) is 15.1. The number of nitrogens with one attached hydrogen (secondary N) is 2. The van der Waals surface area contributed by atoms with Crippen LogP contribution in [0, 0.1) is 5.92 Å². The highest BCUT2D eigenvalue weighted by Gasteiger charge is 2.21. The molecule has 184 valence electrons. The van der Waals surface area contributed by atoms with Crippen molar-refractivity contribution in [2.45, 2.75) is 65.2 Å². The zero-order valence-corrected chi connectivity index (χ0v) is 22.3. The number of hydrogen-bond acceptors (Lipinski definition) is 6. The fraction of sp³-hybridized carbons (Fsp3) is 0.864. The average molecular weight is 564 g/mol. The third-order valence-electron chi connectivity index (χ3n) is 5.73. The van der Waals surface area contributed by atoms with E-state index in [9.17, 15) is 0 Å². The van der Waals surface area contributed by atoms with Crippen molar-refractivity contribution < 1.29 is 9.47 Å². The van der Waals surface area contributed by atoms with Gasteiger partial charge in [-0.3, -0.25) is 9.89 Å². The van der Waals surface area contributed by atoms with Gasteiger partial charge in [-0.25, -0.2) is 0 Å². The summed E-state index contributed by atoms with van der Waals surface area (Å²) in [6, 6.07) is 0. The van der Waals surface area contributed by atoms with Crippen LogP contribution in [0.5, 0.6) is 0 Å². The number of rotatable bonds is 10. The van der Waals surface area contributed by atoms with Crippen molar-refractivity contribution >= 4 is 29.9 Å². The Hall–Kier alpha value is -0.980. The van der Waals surface area contributed by atoms with Gasteiger partial charge in [-0.15, -0.1) is 34.2 Å². The number of aliphatic imine (C=N–C) groups is 1. The maximum Gasteiger partial charge on any atom is 0.191 e. The van der Waals surface area contributed by atoms with Gasteiger partial charge in [0.15, 0.2) is 5.96 Å². The predicted molar refractivity (Wildman–Crippen MR) is 138 cm³/mol. The quantitative estimate of drug-likeness (QED) is 0.256. The van der Waals surface area contributed by atoms with Crippen molar-refractivity contribution in [2.24, 2.45) is 10.9 Å². The maximum atomic E-state index is 5.98. The van der Waals surface area contributed by atoms with Crippen LogP contribution in [0.25, 0.3) is 0 Å². The van der Waals surface area contributed by atoms with Crippen LogP contribution in [0.2, 0.25) is 0 Å². The van der Waals surface area contributed by atoms with Gasteiger partial charge in [0.2, 0.25) is 0 Å². The molecule has 1 aromatic heterocycles. The average Bonchev–Trinajstić information content (AvgIpc) is 3.23. The molecule has 2 unspecified atom stereocenters. The molecule has 2 fully saturated rings. The molecule has 0 aromatic carbocycles. The van der Waals surface area contributed by atoms with Crippen LogP contribution in [-0.2, 0) is 22.4 Å². The molecule has 1 aromatic rings. The van der Waals surface area contributed by atoms with Crippen molar-refractivity contribution in [3.8, 4) is 0 Å². The third kappa shape index (κ3) is 9.48.